The van der Waals surface area contributed by atoms with Gasteiger partial charge in [-0.25, -0.2) is 0 Å². The molecular weight excluding hydrogens is 439 g/mol. The van der Waals surface area contributed by atoms with E-state index in [9.17, 15) is 5.11 Å². The molecule has 0 amide bonds. The Labute approximate surface area is 177 Å². The predicted octanol–water partition coefficient (Wildman–Crippen LogP) is 3.37. The minimum Gasteiger partial charge on any atom is -0.392 e. The van der Waals surface area contributed by atoms with Crippen LogP contribution in [0.3, 0.4) is 0 Å². The maximum atomic E-state index is 10.4. The zero-order valence-corrected chi connectivity index (χ0v) is 19.4. The number of aliphatic hydroxyl groups is 1. The highest BCUT2D eigenvalue weighted by Gasteiger charge is 2.35. The molecule has 0 spiro atoms. The highest BCUT2D eigenvalue weighted by Crippen LogP contribution is 2.36. The van der Waals surface area contributed by atoms with Crippen LogP contribution in [-0.4, -0.2) is 60.8 Å². The molecule has 0 aromatic rings. The molecule has 1 heterocycles. The summed E-state index contributed by atoms with van der Waals surface area (Å²) in [6.45, 7) is 11.8. The SMILES string of the molecule is CCCCN1CCC(NC(=NCC2(C)CCCCC2O)NCC)CC1.I. The summed E-state index contributed by atoms with van der Waals surface area (Å²) in [4.78, 5) is 7.43. The topological polar surface area (TPSA) is 59.9 Å². The van der Waals surface area contributed by atoms with E-state index in [4.69, 9.17) is 4.99 Å². The lowest BCUT2D eigenvalue weighted by atomic mass is 9.73. The van der Waals surface area contributed by atoms with Crippen molar-refractivity contribution in [2.75, 3.05) is 32.7 Å². The second-order valence-corrected chi connectivity index (χ2v) is 8.22. The number of guanidine groups is 1. The van der Waals surface area contributed by atoms with E-state index in [0.717, 1.165) is 31.8 Å². The monoisotopic (exact) mass is 480 g/mol. The molecule has 0 bridgehead atoms. The molecule has 0 aromatic heterocycles. The van der Waals surface area contributed by atoms with Crippen molar-refractivity contribution in [3.8, 4) is 0 Å². The molecule has 3 N–H and O–H groups in total. The maximum Gasteiger partial charge on any atom is 0.191 e. The van der Waals surface area contributed by atoms with Crippen LogP contribution in [0.15, 0.2) is 4.99 Å². The normalized spacial score (nSPS) is 28.5. The van der Waals surface area contributed by atoms with Crippen LogP contribution in [0.1, 0.15) is 72.1 Å². The van der Waals surface area contributed by atoms with E-state index in [2.05, 4.69) is 36.3 Å². The van der Waals surface area contributed by atoms with Crippen LogP contribution in [0.2, 0.25) is 0 Å². The number of rotatable bonds is 7. The lowest BCUT2D eigenvalue weighted by Gasteiger charge is -2.37. The molecule has 1 saturated heterocycles. The first-order chi connectivity index (χ1) is 12.1. The fourth-order valence-corrected chi connectivity index (χ4v) is 4.02. The van der Waals surface area contributed by atoms with Crippen molar-refractivity contribution in [2.45, 2.75) is 84.3 Å². The van der Waals surface area contributed by atoms with Gasteiger partial charge in [0.2, 0.25) is 0 Å². The molecule has 2 fully saturated rings. The van der Waals surface area contributed by atoms with E-state index in [0.29, 0.717) is 12.6 Å². The van der Waals surface area contributed by atoms with E-state index < -0.39 is 0 Å². The fourth-order valence-electron chi connectivity index (χ4n) is 4.02. The number of hydrogen-bond acceptors (Lipinski definition) is 3. The average molecular weight is 480 g/mol. The first-order valence-corrected chi connectivity index (χ1v) is 10.5. The molecular formula is C20H41IN4O. The van der Waals surface area contributed by atoms with Gasteiger partial charge in [0, 0.05) is 31.1 Å². The first kappa shape index (κ1) is 24.0. The van der Waals surface area contributed by atoms with Crippen LogP contribution in [0.4, 0.5) is 0 Å². The number of halogens is 1. The molecule has 26 heavy (non-hydrogen) atoms. The van der Waals surface area contributed by atoms with Gasteiger partial charge < -0.3 is 20.6 Å². The van der Waals surface area contributed by atoms with Gasteiger partial charge in [-0.3, -0.25) is 4.99 Å². The van der Waals surface area contributed by atoms with E-state index >= 15 is 0 Å². The Morgan fingerprint density at radius 1 is 1.19 bits per heavy atom. The summed E-state index contributed by atoms with van der Waals surface area (Å²) in [5.74, 6) is 0.925. The average Bonchev–Trinajstić information content (AvgIpc) is 2.62. The fraction of sp³-hybridized carbons (Fsp3) is 0.950. The van der Waals surface area contributed by atoms with Gasteiger partial charge in [-0.2, -0.15) is 0 Å². The van der Waals surface area contributed by atoms with Crippen molar-refractivity contribution in [3.63, 3.8) is 0 Å². The maximum absolute atomic E-state index is 10.4. The Hall–Kier alpha value is -0.0800. The highest BCUT2D eigenvalue weighted by atomic mass is 127. The van der Waals surface area contributed by atoms with Gasteiger partial charge in [-0.15, -0.1) is 24.0 Å². The highest BCUT2D eigenvalue weighted by molar-refractivity contribution is 14.0. The van der Waals surface area contributed by atoms with E-state index in [1.165, 1.54) is 51.7 Å². The molecule has 2 rings (SSSR count). The van der Waals surface area contributed by atoms with Gasteiger partial charge in [0.1, 0.15) is 0 Å². The summed E-state index contributed by atoms with van der Waals surface area (Å²) in [5.41, 5.74) is -0.0654. The van der Waals surface area contributed by atoms with Crippen LogP contribution in [0.5, 0.6) is 0 Å². The van der Waals surface area contributed by atoms with Gasteiger partial charge in [0.25, 0.3) is 0 Å². The summed E-state index contributed by atoms with van der Waals surface area (Å²) in [7, 11) is 0. The number of piperidine rings is 1. The minimum atomic E-state index is -0.213. The quantitative estimate of drug-likeness (QED) is 0.297. The standard InChI is InChI=1S/C20H40N4O.HI/c1-4-6-13-24-14-10-17(11-15-24)23-19(21-5-2)22-16-20(3)12-8-7-9-18(20)25;/h17-18,25H,4-16H2,1-3H3,(H2,21,22,23);1H. The minimum absolute atomic E-state index is 0. The van der Waals surface area contributed by atoms with Crippen molar-refractivity contribution >= 4 is 29.9 Å². The number of likely N-dealkylation sites (tertiary alicyclic amines) is 1. The molecule has 0 radical (unpaired) electrons. The van der Waals surface area contributed by atoms with Crippen LogP contribution in [-0.2, 0) is 0 Å². The molecule has 154 valence electrons. The molecule has 5 nitrogen and oxygen atoms in total. The van der Waals surface area contributed by atoms with Gasteiger partial charge in [0.15, 0.2) is 5.96 Å². The second kappa shape index (κ2) is 12.4. The molecule has 6 heteroatoms. The number of aliphatic hydroxyl groups excluding tert-OH is 1. The third kappa shape index (κ3) is 7.50. The largest absolute Gasteiger partial charge is 0.392 e. The predicted molar refractivity (Wildman–Crippen MR) is 121 cm³/mol. The zero-order valence-electron chi connectivity index (χ0n) is 17.1. The van der Waals surface area contributed by atoms with Crippen molar-refractivity contribution in [1.29, 1.82) is 0 Å². The third-order valence-corrected chi connectivity index (χ3v) is 5.98. The van der Waals surface area contributed by atoms with Gasteiger partial charge in [-0.1, -0.05) is 33.1 Å². The van der Waals surface area contributed by atoms with Crippen LogP contribution in [0.25, 0.3) is 0 Å². The van der Waals surface area contributed by atoms with E-state index in [-0.39, 0.29) is 35.5 Å². The molecule has 2 atom stereocenters. The Kier molecular flexibility index (Phi) is 11.4. The molecule has 2 unspecified atom stereocenters. The number of aliphatic imine (C=N–C) groups is 1. The summed E-state index contributed by atoms with van der Waals surface area (Å²) >= 11 is 0. The molecule has 0 aromatic carbocycles. The van der Waals surface area contributed by atoms with Crippen molar-refractivity contribution in [3.05, 3.63) is 0 Å². The van der Waals surface area contributed by atoms with Crippen LogP contribution in [0, 0.1) is 5.41 Å². The van der Waals surface area contributed by atoms with Crippen molar-refractivity contribution in [2.24, 2.45) is 10.4 Å². The van der Waals surface area contributed by atoms with Gasteiger partial charge in [0.05, 0.1) is 12.6 Å². The smallest absolute Gasteiger partial charge is 0.191 e. The summed E-state index contributed by atoms with van der Waals surface area (Å²) in [6.07, 6.45) is 9.11. The Morgan fingerprint density at radius 2 is 1.92 bits per heavy atom. The number of hydrogen-bond donors (Lipinski definition) is 3. The first-order valence-electron chi connectivity index (χ1n) is 10.5. The van der Waals surface area contributed by atoms with Gasteiger partial charge >= 0.3 is 0 Å². The lowest BCUT2D eigenvalue weighted by Crippen LogP contribution is -2.49. The Morgan fingerprint density at radius 3 is 2.54 bits per heavy atom. The molecule has 2 aliphatic rings. The third-order valence-electron chi connectivity index (χ3n) is 5.98. The Bertz CT molecular complexity index is 413. The molecule has 1 aliphatic carbocycles. The number of nitrogens with zero attached hydrogens (tertiary/aromatic N) is 2. The van der Waals surface area contributed by atoms with E-state index in [1.54, 1.807) is 0 Å². The Balaban J connectivity index is 0.00000338. The van der Waals surface area contributed by atoms with Crippen LogP contribution < -0.4 is 10.6 Å². The van der Waals surface area contributed by atoms with Crippen molar-refractivity contribution < 1.29 is 5.11 Å². The molecule has 1 saturated carbocycles. The number of unbranched alkanes of at least 4 members (excludes halogenated alkanes) is 1. The second-order valence-electron chi connectivity index (χ2n) is 8.22. The van der Waals surface area contributed by atoms with Crippen LogP contribution >= 0.6 is 24.0 Å². The number of nitrogens with one attached hydrogen (secondary N) is 2. The molecule has 1 aliphatic heterocycles. The summed E-state index contributed by atoms with van der Waals surface area (Å²) in [6, 6.07) is 0.514. The summed E-state index contributed by atoms with van der Waals surface area (Å²) in [5, 5.41) is 17.4. The zero-order chi connectivity index (χ0) is 18.1. The van der Waals surface area contributed by atoms with E-state index in [1.807, 2.05) is 0 Å². The lowest BCUT2D eigenvalue weighted by molar-refractivity contribution is 0.00715. The summed E-state index contributed by atoms with van der Waals surface area (Å²) < 4.78 is 0. The van der Waals surface area contributed by atoms with Gasteiger partial charge in [-0.05, 0) is 45.6 Å². The van der Waals surface area contributed by atoms with Crippen molar-refractivity contribution in [1.82, 2.24) is 15.5 Å².